The van der Waals surface area contributed by atoms with Crippen molar-refractivity contribution in [3.8, 4) is 0 Å². The van der Waals surface area contributed by atoms with Crippen LogP contribution in [0.3, 0.4) is 0 Å². The van der Waals surface area contributed by atoms with Gasteiger partial charge >= 0.3 is 7.25 Å². The second-order valence-corrected chi connectivity index (χ2v) is 4.03. The second-order valence-electron chi connectivity index (χ2n) is 4.03. The molecule has 1 saturated heterocycles. The Kier molecular flexibility index (Phi) is 7.57. The van der Waals surface area contributed by atoms with Crippen LogP contribution in [0.15, 0.2) is 24.3 Å². The van der Waals surface area contributed by atoms with Crippen LogP contribution in [0.5, 0.6) is 0 Å². The third-order valence-electron chi connectivity index (χ3n) is 2.47. The molecule has 0 radical (unpaired) electrons. The first kappa shape index (κ1) is 17.2. The highest BCUT2D eigenvalue weighted by molar-refractivity contribution is 6.50. The highest BCUT2D eigenvalue weighted by Crippen LogP contribution is 2.20. The molecule has 19 heavy (non-hydrogen) atoms. The van der Waals surface area contributed by atoms with Crippen LogP contribution in [0.4, 0.5) is 23.0 Å². The zero-order valence-corrected chi connectivity index (χ0v) is 10.6. The quantitative estimate of drug-likeness (QED) is 0.486. The van der Waals surface area contributed by atoms with E-state index in [0.29, 0.717) is 0 Å². The number of aryl methyl sites for hydroxylation is 1. The molecule has 1 aliphatic rings. The van der Waals surface area contributed by atoms with Crippen molar-refractivity contribution in [1.29, 1.82) is 5.39 Å². The molecule has 8 heteroatoms. The average Bonchev–Trinajstić information content (AvgIpc) is 2.83. The van der Waals surface area contributed by atoms with Gasteiger partial charge in [-0.25, -0.2) is 0 Å². The van der Waals surface area contributed by atoms with Crippen molar-refractivity contribution in [2.45, 2.75) is 19.8 Å². The van der Waals surface area contributed by atoms with E-state index in [1.54, 1.807) is 0 Å². The van der Waals surface area contributed by atoms with Crippen molar-refractivity contribution in [2.75, 3.05) is 18.0 Å². The van der Waals surface area contributed by atoms with E-state index in [2.05, 4.69) is 36.1 Å². The first-order chi connectivity index (χ1) is 8.86. The lowest BCUT2D eigenvalue weighted by Gasteiger charge is -2.17. The standard InChI is InChI=1S/C11H15N.BF4.N2/c1-10-5-4-6-11(9-10)12-7-2-3-8-12;2-1(3,4)5;1-2/h4-6,9H,2-3,7-8H2,1H3;;/q;-1;/p+1. The van der Waals surface area contributed by atoms with Crippen LogP contribution in [0.1, 0.15) is 18.4 Å². The molecular weight excluding hydrogens is 261 g/mol. The predicted octanol–water partition coefficient (Wildman–Crippen LogP) is 2.17. The average molecular weight is 277 g/mol. The predicted molar refractivity (Wildman–Crippen MR) is 65.5 cm³/mol. The number of anilines is 1. The first-order valence-corrected chi connectivity index (χ1v) is 5.77. The van der Waals surface area contributed by atoms with E-state index < -0.39 is 7.25 Å². The lowest BCUT2D eigenvalue weighted by atomic mass is 10.2. The lowest BCUT2D eigenvalue weighted by Crippen LogP contribution is -2.17. The van der Waals surface area contributed by atoms with Gasteiger partial charge in [0.05, 0.1) is 5.39 Å². The molecule has 1 heterocycles. The Balaban J connectivity index is 0.000000396. The summed E-state index contributed by atoms with van der Waals surface area (Å²) < 4.78 is 39.0. The summed E-state index contributed by atoms with van der Waals surface area (Å²) in [5.41, 5.74) is 2.76. The smallest absolute Gasteiger partial charge is 0.418 e. The highest BCUT2D eigenvalue weighted by atomic mass is 19.5. The van der Waals surface area contributed by atoms with Crippen LogP contribution >= 0.6 is 0 Å². The van der Waals surface area contributed by atoms with E-state index in [0.717, 1.165) is 0 Å². The van der Waals surface area contributed by atoms with Gasteiger partial charge in [0, 0.05) is 18.8 Å². The maximum Gasteiger partial charge on any atom is 0.673 e. The monoisotopic (exact) mass is 277 g/mol. The number of rotatable bonds is 1. The summed E-state index contributed by atoms with van der Waals surface area (Å²) >= 11 is 0. The summed E-state index contributed by atoms with van der Waals surface area (Å²) in [7, 11) is -6.00. The molecule has 0 saturated carbocycles. The summed E-state index contributed by atoms with van der Waals surface area (Å²) in [5, 5.41) is 11.0. The molecule has 0 spiro atoms. The Labute approximate surface area is 109 Å². The van der Waals surface area contributed by atoms with E-state index in [1.807, 2.05) is 0 Å². The van der Waals surface area contributed by atoms with E-state index in [9.17, 15) is 17.3 Å². The molecule has 1 aromatic carbocycles. The molecular formula is C11H16BF4N3. The van der Waals surface area contributed by atoms with E-state index in [-0.39, 0.29) is 0 Å². The Bertz CT molecular complexity index is 383. The molecule has 0 amide bonds. The van der Waals surface area contributed by atoms with Gasteiger partial charge in [-0.05, 0) is 37.5 Å². The number of diazo groups is 1. The fourth-order valence-corrected chi connectivity index (χ4v) is 1.80. The molecule has 1 aromatic rings. The van der Waals surface area contributed by atoms with Crippen LogP contribution < -0.4 is 10.3 Å². The number of hydrogen-bond donors (Lipinski definition) is 1. The molecule has 1 fully saturated rings. The maximum absolute atomic E-state index is 9.75. The third kappa shape index (κ3) is 8.88. The van der Waals surface area contributed by atoms with E-state index in [4.69, 9.17) is 10.8 Å². The minimum atomic E-state index is -6.00. The molecule has 0 aliphatic carbocycles. The van der Waals surface area contributed by atoms with E-state index in [1.165, 1.54) is 37.2 Å². The fourth-order valence-electron chi connectivity index (χ4n) is 1.80. The fraction of sp³-hybridized carbons (Fsp3) is 0.455. The van der Waals surface area contributed by atoms with Gasteiger partial charge in [-0.3, -0.25) is 0 Å². The lowest BCUT2D eigenvalue weighted by molar-refractivity contribution is -0.175. The largest absolute Gasteiger partial charge is 0.673 e. The molecule has 0 aromatic heterocycles. The zero-order valence-electron chi connectivity index (χ0n) is 10.6. The van der Waals surface area contributed by atoms with Gasteiger partial charge in [0.2, 0.25) is 5.39 Å². The summed E-state index contributed by atoms with van der Waals surface area (Å²) in [6.45, 7) is 4.63. The van der Waals surface area contributed by atoms with Crippen molar-refractivity contribution in [3.63, 3.8) is 0 Å². The van der Waals surface area contributed by atoms with Gasteiger partial charge in [-0.2, -0.15) is 0 Å². The SMILES string of the molecule is Cc1cccc(N2CCCC2)c1.F[B-](F)(F)F.N#[NH+]. The summed E-state index contributed by atoms with van der Waals surface area (Å²) in [6.07, 6.45) is 2.71. The van der Waals surface area contributed by atoms with Crippen molar-refractivity contribution < 1.29 is 22.7 Å². The molecule has 0 bridgehead atoms. The molecule has 0 atom stereocenters. The Hall–Kier alpha value is -1.78. The number of halogens is 4. The van der Waals surface area contributed by atoms with Gasteiger partial charge in [0.15, 0.2) is 0 Å². The van der Waals surface area contributed by atoms with Crippen molar-refractivity contribution in [3.05, 3.63) is 29.8 Å². The maximum atomic E-state index is 9.75. The minimum Gasteiger partial charge on any atom is -0.418 e. The summed E-state index contributed by atoms with van der Waals surface area (Å²) in [4.78, 5) is 2.47. The van der Waals surface area contributed by atoms with Crippen LogP contribution in [-0.4, -0.2) is 20.3 Å². The van der Waals surface area contributed by atoms with Crippen molar-refractivity contribution in [2.24, 2.45) is 0 Å². The number of hydrogen-bond acceptors (Lipinski definition) is 2. The van der Waals surface area contributed by atoms with Crippen LogP contribution in [-0.2, 0) is 0 Å². The molecule has 0 unspecified atom stereocenters. The summed E-state index contributed by atoms with van der Waals surface area (Å²) in [6, 6.07) is 8.77. The van der Waals surface area contributed by atoms with Gasteiger partial charge in [-0.1, -0.05) is 12.1 Å². The number of nitrogens with one attached hydrogen (secondary N) is 1. The summed E-state index contributed by atoms with van der Waals surface area (Å²) in [5.74, 6) is 0. The van der Waals surface area contributed by atoms with Crippen molar-refractivity contribution >= 4 is 12.9 Å². The van der Waals surface area contributed by atoms with Gasteiger partial charge in [0.25, 0.3) is 0 Å². The first-order valence-electron chi connectivity index (χ1n) is 5.77. The number of benzene rings is 1. The van der Waals surface area contributed by atoms with E-state index >= 15 is 0 Å². The molecule has 3 nitrogen and oxygen atoms in total. The van der Waals surface area contributed by atoms with Crippen LogP contribution in [0.25, 0.3) is 0 Å². The van der Waals surface area contributed by atoms with Crippen molar-refractivity contribution in [1.82, 2.24) is 0 Å². The zero-order chi connectivity index (χ0) is 14.9. The Morgan fingerprint density at radius 3 is 2.00 bits per heavy atom. The molecule has 106 valence electrons. The normalized spacial score (nSPS) is 13.9. The molecule has 1 aliphatic heterocycles. The third-order valence-corrected chi connectivity index (χ3v) is 2.47. The Morgan fingerprint density at radius 2 is 1.58 bits per heavy atom. The topological polar surface area (TPSA) is 50.8 Å². The second kappa shape index (κ2) is 8.35. The molecule has 1 N–H and O–H groups in total. The highest BCUT2D eigenvalue weighted by Gasteiger charge is 2.20. The van der Waals surface area contributed by atoms with Gasteiger partial charge in [0.1, 0.15) is 0 Å². The van der Waals surface area contributed by atoms with Gasteiger partial charge in [-0.15, -0.1) is 0 Å². The van der Waals surface area contributed by atoms with Gasteiger partial charge < -0.3 is 22.2 Å². The minimum absolute atomic E-state index is 1.24. The van der Waals surface area contributed by atoms with Crippen LogP contribution in [0.2, 0.25) is 0 Å². The number of nitrogens with zero attached hydrogens (tertiary/aromatic N) is 2. The Morgan fingerprint density at radius 1 is 1.11 bits per heavy atom. The van der Waals surface area contributed by atoms with Crippen LogP contribution in [0, 0.1) is 12.3 Å². The molecule has 2 rings (SSSR count).